The summed E-state index contributed by atoms with van der Waals surface area (Å²) in [5.41, 5.74) is -3.05. The fourth-order valence-electron chi connectivity index (χ4n) is 2.95. The fourth-order valence-corrected chi connectivity index (χ4v) is 2.95. The molecule has 1 heterocycles. The maximum atomic E-state index is 13.9. The third kappa shape index (κ3) is 3.42. The van der Waals surface area contributed by atoms with Crippen LogP contribution >= 0.6 is 0 Å². The van der Waals surface area contributed by atoms with Crippen molar-refractivity contribution in [2.45, 2.75) is 25.6 Å². The van der Waals surface area contributed by atoms with E-state index in [1.165, 1.54) is 19.1 Å². The van der Waals surface area contributed by atoms with Gasteiger partial charge in [0, 0.05) is 5.56 Å². The number of hydrogen-bond donors (Lipinski definition) is 1. The van der Waals surface area contributed by atoms with Gasteiger partial charge in [-0.05, 0) is 24.6 Å². The van der Waals surface area contributed by atoms with E-state index in [1.54, 1.807) is 0 Å². The van der Waals surface area contributed by atoms with E-state index in [0.29, 0.717) is 0 Å². The Labute approximate surface area is 164 Å². The summed E-state index contributed by atoms with van der Waals surface area (Å²) in [5, 5.41) is 2.25. The molecule has 0 saturated carbocycles. The quantitative estimate of drug-likeness (QED) is 0.334. The molecule has 3 amide bonds. The number of ether oxygens (including phenoxy) is 1. The minimum atomic E-state index is -3.09. The van der Waals surface area contributed by atoms with Gasteiger partial charge in [-0.1, -0.05) is 12.1 Å². The molecule has 0 aromatic heterocycles. The number of halogens is 7. The van der Waals surface area contributed by atoms with Crippen LogP contribution in [-0.2, 0) is 16.9 Å². The molecule has 1 atom stereocenters. The molecule has 0 radical (unpaired) electrons. The van der Waals surface area contributed by atoms with Gasteiger partial charge in [0.2, 0.25) is 5.82 Å². The third-order valence-corrected chi connectivity index (χ3v) is 4.55. The Morgan fingerprint density at radius 1 is 0.933 bits per heavy atom. The molecular formula is C18H11F7N2O3. The van der Waals surface area contributed by atoms with Crippen LogP contribution in [0.4, 0.5) is 35.5 Å². The SMILES string of the molecule is C[C@]1(c2ccc(OC(F)F)cc2)NC(=O)N(Cc2c(F)c(F)c(F)c(F)c2F)C1=O. The van der Waals surface area contributed by atoms with Crippen molar-refractivity contribution in [2.24, 2.45) is 0 Å². The van der Waals surface area contributed by atoms with E-state index in [2.05, 4.69) is 10.1 Å². The third-order valence-electron chi connectivity index (χ3n) is 4.55. The second kappa shape index (κ2) is 7.50. The maximum absolute atomic E-state index is 13.9. The molecule has 0 spiro atoms. The summed E-state index contributed by atoms with van der Waals surface area (Å²) in [4.78, 5) is 25.2. The first-order chi connectivity index (χ1) is 14.0. The number of hydrogen-bond acceptors (Lipinski definition) is 3. The van der Waals surface area contributed by atoms with Crippen molar-refractivity contribution in [3.8, 4) is 5.75 Å². The van der Waals surface area contributed by atoms with Crippen molar-refractivity contribution in [3.63, 3.8) is 0 Å². The number of carbonyl (C=O) groups excluding carboxylic acids is 2. The van der Waals surface area contributed by atoms with E-state index in [4.69, 9.17) is 0 Å². The first kappa shape index (κ1) is 21.4. The summed E-state index contributed by atoms with van der Waals surface area (Å²) in [6.07, 6.45) is 0. The van der Waals surface area contributed by atoms with Crippen LogP contribution in [0.1, 0.15) is 18.1 Å². The van der Waals surface area contributed by atoms with Gasteiger partial charge in [0.25, 0.3) is 5.91 Å². The van der Waals surface area contributed by atoms with Gasteiger partial charge in [0.1, 0.15) is 11.3 Å². The van der Waals surface area contributed by atoms with Gasteiger partial charge in [-0.3, -0.25) is 9.69 Å². The monoisotopic (exact) mass is 436 g/mol. The standard InChI is InChI=1S/C18H11F7N2O3/c1-18(7-2-4-8(5-3-7)30-16(24)25)15(28)27(17(29)26-18)6-9-10(19)12(21)14(23)13(22)11(9)20/h2-5,16H,6H2,1H3,(H,26,29)/t18-/m1/s1. The number of carbonyl (C=O) groups is 2. The second-order valence-corrected chi connectivity index (χ2v) is 6.40. The Hall–Kier alpha value is -3.31. The lowest BCUT2D eigenvalue weighted by Gasteiger charge is -2.22. The Morgan fingerprint density at radius 3 is 1.93 bits per heavy atom. The fraction of sp³-hybridized carbons (Fsp3) is 0.222. The van der Waals surface area contributed by atoms with Gasteiger partial charge in [-0.25, -0.2) is 26.7 Å². The number of benzene rings is 2. The van der Waals surface area contributed by atoms with E-state index < -0.39 is 65.3 Å². The van der Waals surface area contributed by atoms with Crippen LogP contribution in [0.15, 0.2) is 24.3 Å². The molecule has 2 aromatic carbocycles. The summed E-state index contributed by atoms with van der Waals surface area (Å²) in [5.74, 6) is -12.4. The molecule has 3 rings (SSSR count). The van der Waals surface area contributed by atoms with Crippen molar-refractivity contribution >= 4 is 11.9 Å². The number of urea groups is 1. The largest absolute Gasteiger partial charge is 0.435 e. The zero-order valence-corrected chi connectivity index (χ0v) is 14.9. The highest BCUT2D eigenvalue weighted by atomic mass is 19.3. The first-order valence-electron chi connectivity index (χ1n) is 8.17. The summed E-state index contributed by atoms with van der Waals surface area (Å²) in [6, 6.07) is 3.42. The number of imide groups is 1. The average Bonchev–Trinajstić information content (AvgIpc) is 2.91. The van der Waals surface area contributed by atoms with Gasteiger partial charge in [-0.15, -0.1) is 0 Å². The predicted molar refractivity (Wildman–Crippen MR) is 85.7 cm³/mol. The van der Waals surface area contributed by atoms with Gasteiger partial charge in [0.15, 0.2) is 23.3 Å². The highest BCUT2D eigenvalue weighted by molar-refractivity contribution is 6.07. The molecule has 1 N–H and O–H groups in total. The number of nitrogens with one attached hydrogen (secondary N) is 1. The van der Waals surface area contributed by atoms with Crippen LogP contribution in [0, 0.1) is 29.1 Å². The maximum Gasteiger partial charge on any atom is 0.387 e. The minimum absolute atomic E-state index is 0.0994. The summed E-state index contributed by atoms with van der Waals surface area (Å²) >= 11 is 0. The molecule has 1 fully saturated rings. The van der Waals surface area contributed by atoms with E-state index in [-0.39, 0.29) is 16.2 Å². The molecule has 12 heteroatoms. The van der Waals surface area contributed by atoms with Gasteiger partial charge in [0.05, 0.1) is 6.54 Å². The summed E-state index contributed by atoms with van der Waals surface area (Å²) < 4.78 is 96.4. The minimum Gasteiger partial charge on any atom is -0.435 e. The molecule has 30 heavy (non-hydrogen) atoms. The number of nitrogens with zero attached hydrogens (tertiary/aromatic N) is 1. The number of amides is 3. The van der Waals surface area contributed by atoms with Gasteiger partial charge in [-0.2, -0.15) is 8.78 Å². The van der Waals surface area contributed by atoms with E-state index in [0.717, 1.165) is 12.1 Å². The molecule has 0 unspecified atom stereocenters. The topological polar surface area (TPSA) is 58.6 Å². The molecule has 1 aliphatic heterocycles. The molecule has 5 nitrogen and oxygen atoms in total. The Morgan fingerprint density at radius 2 is 1.43 bits per heavy atom. The Bertz CT molecular complexity index is 1000. The lowest BCUT2D eigenvalue weighted by molar-refractivity contribution is -0.131. The van der Waals surface area contributed by atoms with E-state index in [1.807, 2.05) is 0 Å². The predicted octanol–water partition coefficient (Wildman–Crippen LogP) is 3.95. The zero-order chi connectivity index (χ0) is 22.4. The first-order valence-corrected chi connectivity index (χ1v) is 8.17. The number of rotatable bonds is 5. The zero-order valence-electron chi connectivity index (χ0n) is 14.9. The summed E-state index contributed by atoms with van der Waals surface area (Å²) in [7, 11) is 0. The Balaban J connectivity index is 1.92. The van der Waals surface area contributed by atoms with Crippen molar-refractivity contribution in [2.75, 3.05) is 0 Å². The molecule has 1 aliphatic rings. The highest BCUT2D eigenvalue weighted by Gasteiger charge is 2.49. The van der Waals surface area contributed by atoms with Gasteiger partial charge >= 0.3 is 12.6 Å². The molecule has 0 aliphatic carbocycles. The molecule has 160 valence electrons. The van der Waals surface area contributed by atoms with Crippen molar-refractivity contribution in [1.29, 1.82) is 0 Å². The molecule has 2 aromatic rings. The van der Waals surface area contributed by atoms with Crippen LogP contribution in [0.3, 0.4) is 0 Å². The Kier molecular flexibility index (Phi) is 5.35. The van der Waals surface area contributed by atoms with Crippen molar-refractivity contribution in [3.05, 3.63) is 64.5 Å². The average molecular weight is 436 g/mol. The van der Waals surface area contributed by atoms with Crippen LogP contribution < -0.4 is 10.1 Å². The summed E-state index contributed by atoms with van der Waals surface area (Å²) in [6.45, 7) is -3.09. The number of alkyl halides is 2. The van der Waals surface area contributed by atoms with E-state index >= 15 is 0 Å². The molecular weight excluding hydrogens is 425 g/mol. The van der Waals surface area contributed by atoms with Crippen molar-refractivity contribution in [1.82, 2.24) is 10.2 Å². The second-order valence-electron chi connectivity index (χ2n) is 6.40. The smallest absolute Gasteiger partial charge is 0.387 e. The lowest BCUT2D eigenvalue weighted by Crippen LogP contribution is -2.40. The van der Waals surface area contributed by atoms with Crippen LogP contribution in [-0.4, -0.2) is 23.4 Å². The molecule has 1 saturated heterocycles. The van der Waals surface area contributed by atoms with E-state index in [9.17, 15) is 40.3 Å². The van der Waals surface area contributed by atoms with Crippen molar-refractivity contribution < 1.29 is 45.1 Å². The van der Waals surface area contributed by atoms with Crippen LogP contribution in [0.2, 0.25) is 0 Å². The highest BCUT2D eigenvalue weighted by Crippen LogP contribution is 2.32. The lowest BCUT2D eigenvalue weighted by atomic mass is 9.92. The van der Waals surface area contributed by atoms with Crippen LogP contribution in [0.25, 0.3) is 0 Å². The normalized spacial score (nSPS) is 18.9. The molecule has 0 bridgehead atoms. The van der Waals surface area contributed by atoms with Gasteiger partial charge < -0.3 is 10.1 Å². The van der Waals surface area contributed by atoms with Crippen LogP contribution in [0.5, 0.6) is 5.75 Å².